The number of ether oxygens (including phenoxy) is 1. The van der Waals surface area contributed by atoms with E-state index in [1.54, 1.807) is 12.1 Å². The van der Waals surface area contributed by atoms with Gasteiger partial charge in [-0.3, -0.25) is 4.79 Å². The number of nitrogens with zero attached hydrogens (tertiary/aromatic N) is 1. The molecule has 0 saturated heterocycles. The van der Waals surface area contributed by atoms with Gasteiger partial charge in [0, 0.05) is 11.6 Å². The number of rotatable bonds is 3. The number of nitrogens with two attached hydrogens (primary N) is 1. The third-order valence-corrected chi connectivity index (χ3v) is 3.34. The Kier molecular flexibility index (Phi) is 4.32. The monoisotopic (exact) mass is 311 g/mol. The van der Waals surface area contributed by atoms with E-state index in [0.717, 1.165) is 0 Å². The minimum absolute atomic E-state index is 0.227. The number of benzene rings is 1. The highest BCUT2D eigenvalue weighted by molar-refractivity contribution is 6.44. The standard InChI is InChI=1S/C13H11Cl2N3O2/c1-20-11-3-2-8(6-17-11)18-13(19)7-4-9(14)12(15)10(16)5-7/h2-6H,16H2,1H3,(H,18,19). The van der Waals surface area contributed by atoms with Crippen LogP contribution >= 0.6 is 23.2 Å². The van der Waals surface area contributed by atoms with Crippen molar-refractivity contribution in [1.82, 2.24) is 4.98 Å². The van der Waals surface area contributed by atoms with E-state index in [9.17, 15) is 4.79 Å². The molecule has 0 fully saturated rings. The molecule has 1 aromatic carbocycles. The number of carbonyl (C=O) groups excluding carboxylic acids is 1. The average molecular weight is 312 g/mol. The van der Waals surface area contributed by atoms with Crippen LogP contribution in [0.25, 0.3) is 0 Å². The molecule has 0 saturated carbocycles. The molecule has 0 radical (unpaired) electrons. The lowest BCUT2D eigenvalue weighted by atomic mass is 10.2. The zero-order chi connectivity index (χ0) is 14.7. The van der Waals surface area contributed by atoms with Gasteiger partial charge in [0.1, 0.15) is 0 Å². The van der Waals surface area contributed by atoms with Crippen molar-refractivity contribution in [2.75, 3.05) is 18.2 Å². The van der Waals surface area contributed by atoms with E-state index >= 15 is 0 Å². The minimum Gasteiger partial charge on any atom is -0.481 e. The van der Waals surface area contributed by atoms with Gasteiger partial charge in [0.15, 0.2) is 0 Å². The van der Waals surface area contributed by atoms with Crippen molar-refractivity contribution in [2.24, 2.45) is 0 Å². The van der Waals surface area contributed by atoms with E-state index in [1.807, 2.05) is 0 Å². The number of methoxy groups -OCH3 is 1. The number of nitrogens with one attached hydrogen (secondary N) is 1. The minimum atomic E-state index is -0.359. The fraction of sp³-hybridized carbons (Fsp3) is 0.0769. The maximum absolute atomic E-state index is 12.1. The number of pyridine rings is 1. The summed E-state index contributed by atoms with van der Waals surface area (Å²) in [6.07, 6.45) is 1.48. The lowest BCUT2D eigenvalue weighted by molar-refractivity contribution is 0.102. The summed E-state index contributed by atoms with van der Waals surface area (Å²) in [6.45, 7) is 0. The van der Waals surface area contributed by atoms with Gasteiger partial charge in [-0.25, -0.2) is 4.98 Å². The second-order valence-corrected chi connectivity index (χ2v) is 4.69. The van der Waals surface area contributed by atoms with Crippen LogP contribution < -0.4 is 15.8 Å². The van der Waals surface area contributed by atoms with Crippen LogP contribution in [0.3, 0.4) is 0 Å². The Morgan fingerprint density at radius 2 is 2.10 bits per heavy atom. The summed E-state index contributed by atoms with van der Waals surface area (Å²) in [5, 5.41) is 3.13. The van der Waals surface area contributed by atoms with Crippen LogP contribution in [-0.4, -0.2) is 18.0 Å². The van der Waals surface area contributed by atoms with Gasteiger partial charge >= 0.3 is 0 Å². The van der Waals surface area contributed by atoms with Crippen molar-refractivity contribution >= 4 is 40.5 Å². The van der Waals surface area contributed by atoms with E-state index < -0.39 is 0 Å². The van der Waals surface area contributed by atoms with Crippen molar-refractivity contribution in [2.45, 2.75) is 0 Å². The van der Waals surface area contributed by atoms with E-state index in [-0.39, 0.29) is 21.6 Å². The zero-order valence-electron chi connectivity index (χ0n) is 10.5. The Bertz CT molecular complexity index is 622. The molecular weight excluding hydrogens is 301 g/mol. The molecule has 104 valence electrons. The molecule has 0 bridgehead atoms. The van der Waals surface area contributed by atoms with Gasteiger partial charge in [0.05, 0.1) is 34.7 Å². The molecule has 0 spiro atoms. The molecule has 2 rings (SSSR count). The summed E-state index contributed by atoms with van der Waals surface area (Å²) in [5.41, 5.74) is 6.75. The Hall–Kier alpha value is -1.98. The molecule has 3 N–H and O–H groups in total. The Labute approximate surface area is 125 Å². The van der Waals surface area contributed by atoms with Crippen molar-refractivity contribution in [1.29, 1.82) is 0 Å². The number of nitrogen functional groups attached to an aromatic ring is 1. The van der Waals surface area contributed by atoms with E-state index in [4.69, 9.17) is 33.7 Å². The molecule has 1 aromatic heterocycles. The van der Waals surface area contributed by atoms with Gasteiger partial charge in [-0.15, -0.1) is 0 Å². The first-order chi connectivity index (χ1) is 9.51. The lowest BCUT2D eigenvalue weighted by Gasteiger charge is -2.08. The molecule has 0 aliphatic heterocycles. The number of carbonyl (C=O) groups is 1. The first kappa shape index (κ1) is 14.4. The SMILES string of the molecule is COc1ccc(NC(=O)c2cc(N)c(Cl)c(Cl)c2)cn1. The van der Waals surface area contributed by atoms with Crippen LogP contribution in [0.2, 0.25) is 10.0 Å². The molecule has 20 heavy (non-hydrogen) atoms. The lowest BCUT2D eigenvalue weighted by Crippen LogP contribution is -2.12. The summed E-state index contributed by atoms with van der Waals surface area (Å²) >= 11 is 11.7. The third-order valence-electron chi connectivity index (χ3n) is 2.52. The first-order valence-electron chi connectivity index (χ1n) is 5.57. The zero-order valence-corrected chi connectivity index (χ0v) is 12.0. The molecule has 2 aromatic rings. The number of aromatic nitrogens is 1. The maximum atomic E-state index is 12.1. The second kappa shape index (κ2) is 5.98. The number of halogens is 2. The van der Waals surface area contributed by atoms with E-state index in [2.05, 4.69) is 10.3 Å². The van der Waals surface area contributed by atoms with Crippen LogP contribution in [0.15, 0.2) is 30.5 Å². The van der Waals surface area contributed by atoms with E-state index in [0.29, 0.717) is 17.1 Å². The Morgan fingerprint density at radius 3 is 2.65 bits per heavy atom. The smallest absolute Gasteiger partial charge is 0.255 e. The topological polar surface area (TPSA) is 77.2 Å². The van der Waals surface area contributed by atoms with Gasteiger partial charge in [-0.05, 0) is 18.2 Å². The van der Waals surface area contributed by atoms with Crippen LogP contribution in [-0.2, 0) is 0 Å². The Balaban J connectivity index is 2.19. The largest absolute Gasteiger partial charge is 0.481 e. The summed E-state index contributed by atoms with van der Waals surface area (Å²) in [6, 6.07) is 6.22. The van der Waals surface area contributed by atoms with Crippen molar-refractivity contribution < 1.29 is 9.53 Å². The van der Waals surface area contributed by atoms with E-state index in [1.165, 1.54) is 25.4 Å². The molecule has 0 aliphatic carbocycles. The van der Waals surface area contributed by atoms with Crippen LogP contribution in [0, 0.1) is 0 Å². The van der Waals surface area contributed by atoms with Crippen LogP contribution in [0.4, 0.5) is 11.4 Å². The normalized spacial score (nSPS) is 10.2. The molecule has 1 heterocycles. The quantitative estimate of drug-likeness (QED) is 0.853. The Morgan fingerprint density at radius 1 is 1.35 bits per heavy atom. The summed E-state index contributed by atoms with van der Waals surface area (Å²) in [5.74, 6) is 0.101. The van der Waals surface area contributed by atoms with Crippen molar-refractivity contribution in [3.8, 4) is 5.88 Å². The fourth-order valence-electron chi connectivity index (χ4n) is 1.52. The molecule has 7 heteroatoms. The molecule has 5 nitrogen and oxygen atoms in total. The highest BCUT2D eigenvalue weighted by atomic mass is 35.5. The number of amides is 1. The van der Waals surface area contributed by atoms with Gasteiger partial charge in [-0.1, -0.05) is 23.2 Å². The van der Waals surface area contributed by atoms with Gasteiger partial charge < -0.3 is 15.8 Å². The van der Waals surface area contributed by atoms with Crippen LogP contribution in [0.1, 0.15) is 10.4 Å². The predicted octanol–water partition coefficient (Wildman–Crippen LogP) is 3.23. The molecule has 0 unspecified atom stereocenters. The average Bonchev–Trinajstić information content (AvgIpc) is 2.45. The summed E-state index contributed by atoms with van der Waals surface area (Å²) < 4.78 is 4.93. The fourth-order valence-corrected chi connectivity index (χ4v) is 1.86. The number of hydrogen-bond acceptors (Lipinski definition) is 4. The van der Waals surface area contributed by atoms with Crippen molar-refractivity contribution in [3.05, 3.63) is 46.1 Å². The van der Waals surface area contributed by atoms with Gasteiger partial charge in [0.2, 0.25) is 5.88 Å². The third kappa shape index (κ3) is 3.12. The highest BCUT2D eigenvalue weighted by Gasteiger charge is 2.11. The molecule has 1 amide bonds. The summed E-state index contributed by atoms with van der Waals surface area (Å²) in [7, 11) is 1.51. The first-order valence-corrected chi connectivity index (χ1v) is 6.32. The molecular formula is C13H11Cl2N3O2. The molecule has 0 atom stereocenters. The number of anilines is 2. The summed E-state index contributed by atoms with van der Waals surface area (Å²) in [4.78, 5) is 16.0. The van der Waals surface area contributed by atoms with Gasteiger partial charge in [-0.2, -0.15) is 0 Å². The van der Waals surface area contributed by atoms with Gasteiger partial charge in [0.25, 0.3) is 5.91 Å². The second-order valence-electron chi connectivity index (χ2n) is 3.90. The maximum Gasteiger partial charge on any atom is 0.255 e. The molecule has 0 aliphatic rings. The highest BCUT2D eigenvalue weighted by Crippen LogP contribution is 2.29. The van der Waals surface area contributed by atoms with Crippen molar-refractivity contribution in [3.63, 3.8) is 0 Å². The number of hydrogen-bond donors (Lipinski definition) is 2. The van der Waals surface area contributed by atoms with Crippen LogP contribution in [0.5, 0.6) is 5.88 Å². The predicted molar refractivity (Wildman–Crippen MR) is 79.6 cm³/mol.